The van der Waals surface area contributed by atoms with Crippen molar-refractivity contribution in [2.45, 2.75) is 12.1 Å². The fourth-order valence-corrected chi connectivity index (χ4v) is 1.12. The smallest absolute Gasteiger partial charge is 0.420 e. The Morgan fingerprint density at radius 2 is 2.00 bits per heavy atom. The molecule has 1 rings (SSSR count). The van der Waals surface area contributed by atoms with Crippen molar-refractivity contribution in [2.75, 3.05) is 0 Å². The van der Waals surface area contributed by atoms with Crippen LogP contribution in [0.4, 0.5) is 13.2 Å². The molecule has 0 radical (unpaired) electrons. The maximum atomic E-state index is 12.2. The van der Waals surface area contributed by atoms with Crippen molar-refractivity contribution in [1.82, 2.24) is 4.98 Å². The maximum absolute atomic E-state index is 12.2. The summed E-state index contributed by atoms with van der Waals surface area (Å²) in [5, 5.41) is 8.92. The van der Waals surface area contributed by atoms with E-state index in [-0.39, 0.29) is 11.4 Å². The number of halogens is 4. The Morgan fingerprint density at radius 1 is 1.38 bits per heavy atom. The zero-order valence-electron chi connectivity index (χ0n) is 6.27. The minimum atomic E-state index is -4.60. The molecule has 0 aliphatic rings. The largest absolute Gasteiger partial charge is 0.506 e. The van der Waals surface area contributed by atoms with Crippen molar-refractivity contribution in [3.63, 3.8) is 0 Å². The van der Waals surface area contributed by atoms with Gasteiger partial charge in [-0.05, 0) is 0 Å². The van der Waals surface area contributed by atoms with Crippen LogP contribution in [-0.2, 0) is 12.1 Å². The van der Waals surface area contributed by atoms with Gasteiger partial charge in [-0.25, -0.2) is 0 Å². The van der Waals surface area contributed by atoms with Crippen LogP contribution in [0.2, 0.25) is 0 Å². The highest BCUT2D eigenvalue weighted by atomic mass is 35.5. The summed E-state index contributed by atoms with van der Waals surface area (Å²) in [4.78, 5) is 3.39. The van der Waals surface area contributed by atoms with Crippen molar-refractivity contribution in [3.05, 3.63) is 23.5 Å². The minimum absolute atomic E-state index is 0.228. The monoisotopic (exact) mass is 211 g/mol. The highest BCUT2D eigenvalue weighted by molar-refractivity contribution is 6.17. The van der Waals surface area contributed by atoms with Gasteiger partial charge in [-0.1, -0.05) is 0 Å². The normalized spacial score (nSPS) is 11.7. The van der Waals surface area contributed by atoms with Crippen molar-refractivity contribution in [1.29, 1.82) is 0 Å². The first-order valence-electron chi connectivity index (χ1n) is 3.26. The number of rotatable bonds is 1. The molecule has 2 nitrogen and oxygen atoms in total. The number of aromatic hydroxyl groups is 1. The molecular formula is C7H5ClF3NO. The van der Waals surface area contributed by atoms with Gasteiger partial charge in [0.25, 0.3) is 0 Å². The molecule has 0 unspecified atom stereocenters. The van der Waals surface area contributed by atoms with Gasteiger partial charge in [0.15, 0.2) is 0 Å². The Labute approximate surface area is 77.0 Å². The fourth-order valence-electron chi connectivity index (χ4n) is 0.920. The molecule has 0 bridgehead atoms. The number of hydrogen-bond donors (Lipinski definition) is 1. The molecule has 72 valence electrons. The third kappa shape index (κ3) is 2.03. The van der Waals surface area contributed by atoms with Crippen LogP contribution >= 0.6 is 11.6 Å². The molecule has 0 fully saturated rings. The van der Waals surface area contributed by atoms with E-state index in [0.717, 1.165) is 12.4 Å². The van der Waals surface area contributed by atoms with Gasteiger partial charge in [-0.3, -0.25) is 4.98 Å². The fraction of sp³-hybridized carbons (Fsp3) is 0.286. The average molecular weight is 212 g/mol. The summed E-state index contributed by atoms with van der Waals surface area (Å²) in [7, 11) is 0. The molecule has 0 aromatic carbocycles. The first kappa shape index (κ1) is 10.1. The van der Waals surface area contributed by atoms with Gasteiger partial charge in [-0.2, -0.15) is 13.2 Å². The van der Waals surface area contributed by atoms with Crippen molar-refractivity contribution >= 4 is 11.6 Å². The maximum Gasteiger partial charge on any atom is 0.420 e. The lowest BCUT2D eigenvalue weighted by Gasteiger charge is -2.11. The van der Waals surface area contributed by atoms with Crippen LogP contribution in [0.15, 0.2) is 12.4 Å². The molecule has 1 N–H and O–H groups in total. The topological polar surface area (TPSA) is 33.1 Å². The summed E-state index contributed by atoms with van der Waals surface area (Å²) < 4.78 is 36.7. The molecule has 1 heterocycles. The van der Waals surface area contributed by atoms with Crippen LogP contribution in [0.25, 0.3) is 0 Å². The van der Waals surface area contributed by atoms with Gasteiger partial charge in [0.1, 0.15) is 11.3 Å². The predicted octanol–water partition coefficient (Wildman–Crippen LogP) is 2.54. The van der Waals surface area contributed by atoms with Crippen molar-refractivity contribution in [3.8, 4) is 5.75 Å². The van der Waals surface area contributed by atoms with Gasteiger partial charge in [0, 0.05) is 17.6 Å². The number of pyridine rings is 1. The quantitative estimate of drug-likeness (QED) is 0.725. The molecule has 0 saturated carbocycles. The number of alkyl halides is 4. The van der Waals surface area contributed by atoms with Gasteiger partial charge in [0.05, 0.1) is 6.20 Å². The average Bonchev–Trinajstić information content (AvgIpc) is 2.01. The Hall–Kier alpha value is -0.970. The molecule has 6 heteroatoms. The predicted molar refractivity (Wildman–Crippen MR) is 40.5 cm³/mol. The highest BCUT2D eigenvalue weighted by Crippen LogP contribution is 2.37. The summed E-state index contributed by atoms with van der Waals surface area (Å²) >= 11 is 5.26. The van der Waals surface area contributed by atoms with E-state index in [9.17, 15) is 13.2 Å². The Morgan fingerprint density at radius 3 is 2.38 bits per heavy atom. The Kier molecular flexibility index (Phi) is 2.66. The first-order valence-corrected chi connectivity index (χ1v) is 3.79. The number of aromatic nitrogens is 1. The molecule has 0 amide bonds. The molecule has 0 aliphatic heterocycles. The van der Waals surface area contributed by atoms with Crippen molar-refractivity contribution in [2.24, 2.45) is 0 Å². The Bertz CT molecular complexity index is 313. The molecule has 13 heavy (non-hydrogen) atoms. The standard InChI is InChI=1S/C7H5ClF3NO/c8-1-4-2-12-3-5(13)6(4)7(9,10)11/h2-3,13H,1H2. The van der Waals surface area contributed by atoms with E-state index in [1.807, 2.05) is 0 Å². The van der Waals surface area contributed by atoms with Crippen molar-refractivity contribution < 1.29 is 18.3 Å². The van der Waals surface area contributed by atoms with Gasteiger partial charge in [0.2, 0.25) is 0 Å². The second-order valence-corrected chi connectivity index (χ2v) is 2.59. The van der Waals surface area contributed by atoms with Gasteiger partial charge >= 0.3 is 6.18 Å². The minimum Gasteiger partial charge on any atom is -0.506 e. The van der Waals surface area contributed by atoms with Gasteiger partial charge in [-0.15, -0.1) is 11.6 Å². The second kappa shape index (κ2) is 3.41. The number of hydrogen-bond acceptors (Lipinski definition) is 2. The summed E-state index contributed by atoms with van der Waals surface area (Å²) in [6.07, 6.45) is -2.88. The van der Waals surface area contributed by atoms with Gasteiger partial charge < -0.3 is 5.11 Å². The van der Waals surface area contributed by atoms with Crippen LogP contribution < -0.4 is 0 Å². The highest BCUT2D eigenvalue weighted by Gasteiger charge is 2.36. The van der Waals surface area contributed by atoms with E-state index in [0.29, 0.717) is 0 Å². The van der Waals surface area contributed by atoms with E-state index in [1.54, 1.807) is 0 Å². The zero-order valence-corrected chi connectivity index (χ0v) is 7.02. The van der Waals surface area contributed by atoms with E-state index in [1.165, 1.54) is 0 Å². The van der Waals surface area contributed by atoms with E-state index < -0.39 is 17.5 Å². The molecule has 0 saturated heterocycles. The third-order valence-electron chi connectivity index (χ3n) is 1.43. The van der Waals surface area contributed by atoms with E-state index in [2.05, 4.69) is 4.98 Å². The lowest BCUT2D eigenvalue weighted by molar-refractivity contribution is -0.139. The first-order chi connectivity index (χ1) is 5.96. The second-order valence-electron chi connectivity index (χ2n) is 2.32. The lowest BCUT2D eigenvalue weighted by Crippen LogP contribution is -2.09. The summed E-state index contributed by atoms with van der Waals surface area (Å²) in [5.41, 5.74) is -1.34. The summed E-state index contributed by atoms with van der Waals surface area (Å²) in [6, 6.07) is 0. The summed E-state index contributed by atoms with van der Waals surface area (Å²) in [5.74, 6) is -1.23. The molecule has 1 aromatic rings. The summed E-state index contributed by atoms with van der Waals surface area (Å²) in [6.45, 7) is 0. The van der Waals surface area contributed by atoms with Crippen LogP contribution in [0, 0.1) is 0 Å². The lowest BCUT2D eigenvalue weighted by atomic mass is 10.1. The van der Waals surface area contributed by atoms with Crippen LogP contribution in [0.5, 0.6) is 5.75 Å². The van der Waals surface area contributed by atoms with E-state index in [4.69, 9.17) is 16.7 Å². The van der Waals surface area contributed by atoms with Crippen LogP contribution in [0.1, 0.15) is 11.1 Å². The SMILES string of the molecule is Oc1cncc(CCl)c1C(F)(F)F. The zero-order chi connectivity index (χ0) is 10.1. The van der Waals surface area contributed by atoms with E-state index >= 15 is 0 Å². The van der Waals surface area contributed by atoms with Crippen LogP contribution in [0.3, 0.4) is 0 Å². The Balaban J connectivity index is 3.32. The molecule has 1 aromatic heterocycles. The van der Waals surface area contributed by atoms with Crippen LogP contribution in [-0.4, -0.2) is 10.1 Å². The molecule has 0 aliphatic carbocycles. The molecular weight excluding hydrogens is 207 g/mol. The molecule has 0 atom stereocenters. The third-order valence-corrected chi connectivity index (χ3v) is 1.72. The molecule has 0 spiro atoms. The number of nitrogens with zero attached hydrogens (tertiary/aromatic N) is 1.